The maximum Gasteiger partial charge on any atom is 0.321 e. The van der Waals surface area contributed by atoms with Gasteiger partial charge >= 0.3 is 6.03 Å². The second kappa shape index (κ2) is 15.4. The van der Waals surface area contributed by atoms with Crippen molar-refractivity contribution in [2.45, 2.75) is 76.5 Å². The maximum atomic E-state index is 15.3. The molecule has 2 saturated heterocycles. The smallest absolute Gasteiger partial charge is 0.321 e. The highest BCUT2D eigenvalue weighted by Gasteiger charge is 2.55. The van der Waals surface area contributed by atoms with E-state index in [1.54, 1.807) is 6.07 Å². The summed E-state index contributed by atoms with van der Waals surface area (Å²) in [4.78, 5) is 19.1. The van der Waals surface area contributed by atoms with E-state index in [-0.39, 0.29) is 24.7 Å². The minimum absolute atomic E-state index is 0.0648. The summed E-state index contributed by atoms with van der Waals surface area (Å²) < 4.78 is 34.3. The lowest BCUT2D eigenvalue weighted by molar-refractivity contribution is -0.157. The van der Waals surface area contributed by atoms with E-state index in [2.05, 4.69) is 24.3 Å². The Kier molecular flexibility index (Phi) is 10.3. The van der Waals surface area contributed by atoms with E-state index < -0.39 is 35.9 Å². The van der Waals surface area contributed by atoms with Gasteiger partial charge in [-0.2, -0.15) is 5.26 Å². The molecule has 7 nitrogen and oxygen atoms in total. The van der Waals surface area contributed by atoms with E-state index in [0.29, 0.717) is 30.8 Å². The second-order valence-corrected chi connectivity index (χ2v) is 14.0. The first-order valence-electron chi connectivity index (χ1n) is 17.7. The van der Waals surface area contributed by atoms with Crippen molar-refractivity contribution in [3.05, 3.63) is 173 Å². The molecule has 0 unspecified atom stereocenters. The minimum atomic E-state index is -0.911. The molecule has 2 heterocycles. The van der Waals surface area contributed by atoms with Crippen LogP contribution in [0.25, 0.3) is 0 Å². The average Bonchev–Trinajstić information content (AvgIpc) is 3.47. The van der Waals surface area contributed by atoms with Crippen LogP contribution in [-0.4, -0.2) is 45.9 Å². The van der Waals surface area contributed by atoms with Crippen LogP contribution in [-0.2, 0) is 42.0 Å². The van der Waals surface area contributed by atoms with E-state index in [1.165, 1.54) is 12.1 Å². The molecule has 5 aromatic rings. The van der Waals surface area contributed by atoms with Gasteiger partial charge in [-0.3, -0.25) is 0 Å². The Morgan fingerprint density at radius 2 is 1.17 bits per heavy atom. The number of fused-ring (bicyclic) bond motifs is 1. The van der Waals surface area contributed by atoms with Gasteiger partial charge in [0.2, 0.25) is 0 Å². The van der Waals surface area contributed by atoms with Gasteiger partial charge in [0.25, 0.3) is 0 Å². The third-order valence-electron chi connectivity index (χ3n) is 9.79. The number of hydrogen-bond acceptors (Lipinski definition) is 5. The summed E-state index contributed by atoms with van der Waals surface area (Å²) in [5.74, 6) is -0.800. The third-order valence-corrected chi connectivity index (χ3v) is 9.79. The number of benzene rings is 5. The van der Waals surface area contributed by atoms with Gasteiger partial charge in [0, 0.05) is 13.1 Å². The molecule has 52 heavy (non-hydrogen) atoms. The molecule has 2 fully saturated rings. The summed E-state index contributed by atoms with van der Waals surface area (Å²) in [6.45, 7) is 4.69. The van der Waals surface area contributed by atoms with Crippen molar-refractivity contribution in [3.63, 3.8) is 0 Å². The first-order chi connectivity index (χ1) is 25.3. The topological polar surface area (TPSA) is 75.0 Å². The number of ether oxygens (including phenoxy) is 3. The van der Waals surface area contributed by atoms with E-state index in [1.807, 2.05) is 121 Å². The summed E-state index contributed by atoms with van der Waals surface area (Å²) in [7, 11) is 0. The lowest BCUT2D eigenvalue weighted by Crippen LogP contribution is -2.51. The van der Waals surface area contributed by atoms with Crippen molar-refractivity contribution in [3.8, 4) is 11.8 Å². The van der Waals surface area contributed by atoms with Gasteiger partial charge in [0.15, 0.2) is 5.79 Å². The average molecular weight is 696 g/mol. The standard InChI is InChI=1S/C44H42FN3O4/c1-44(2)51-41-39(25-31-13-6-3-7-14-31)47(28-34-19-12-20-37(24-34)50-30-33-17-10-5-11-18-33)43(49)48(29-35-21-22-38(45)36(23-35)27-46)40(42(41)52-44)26-32-15-8-4-9-16-32/h3-24,39-42H,25-26,28-30H2,1-2H3/t39-,40-,41+,42+/m1/s1. The van der Waals surface area contributed by atoms with Crippen molar-refractivity contribution in [1.29, 1.82) is 5.26 Å². The lowest BCUT2D eigenvalue weighted by atomic mass is 9.91. The molecule has 0 spiro atoms. The normalized spacial score (nSPS) is 20.9. The van der Waals surface area contributed by atoms with Gasteiger partial charge in [-0.25, -0.2) is 9.18 Å². The Morgan fingerprint density at radius 1 is 0.673 bits per heavy atom. The molecule has 0 N–H and O–H groups in total. The Hall–Kier alpha value is -5.49. The molecular formula is C44H42FN3O4. The summed E-state index contributed by atoms with van der Waals surface area (Å²) in [5, 5.41) is 9.65. The van der Waals surface area contributed by atoms with Gasteiger partial charge in [-0.1, -0.05) is 109 Å². The van der Waals surface area contributed by atoms with Gasteiger partial charge < -0.3 is 24.0 Å². The van der Waals surface area contributed by atoms with Gasteiger partial charge in [-0.05, 0) is 78.8 Å². The van der Waals surface area contributed by atoms with Crippen molar-refractivity contribution in [1.82, 2.24) is 9.80 Å². The Morgan fingerprint density at radius 3 is 1.71 bits per heavy atom. The van der Waals surface area contributed by atoms with Crippen LogP contribution >= 0.6 is 0 Å². The largest absolute Gasteiger partial charge is 0.489 e. The molecule has 2 aliphatic rings. The van der Waals surface area contributed by atoms with Crippen molar-refractivity contribution >= 4 is 6.03 Å². The first kappa shape index (κ1) is 34.9. The third kappa shape index (κ3) is 8.02. The number of amides is 2. The predicted octanol–water partition coefficient (Wildman–Crippen LogP) is 8.46. The van der Waals surface area contributed by atoms with E-state index >= 15 is 4.79 Å². The van der Waals surface area contributed by atoms with Crippen LogP contribution in [0.3, 0.4) is 0 Å². The van der Waals surface area contributed by atoms with Crippen LogP contribution in [0.5, 0.6) is 5.75 Å². The number of rotatable bonds is 11. The summed E-state index contributed by atoms with van der Waals surface area (Å²) >= 11 is 0. The molecule has 4 atom stereocenters. The molecule has 2 aliphatic heterocycles. The molecule has 0 aliphatic carbocycles. The van der Waals surface area contributed by atoms with Crippen LogP contribution in [0.15, 0.2) is 133 Å². The van der Waals surface area contributed by atoms with Crippen LogP contribution in [0.1, 0.15) is 47.2 Å². The number of nitriles is 1. The predicted molar refractivity (Wildman–Crippen MR) is 197 cm³/mol. The highest BCUT2D eigenvalue weighted by atomic mass is 19.1. The maximum absolute atomic E-state index is 15.3. The minimum Gasteiger partial charge on any atom is -0.489 e. The van der Waals surface area contributed by atoms with Crippen LogP contribution < -0.4 is 4.74 Å². The molecule has 2 amide bonds. The molecule has 0 aromatic heterocycles. The van der Waals surface area contributed by atoms with Gasteiger partial charge in [0.05, 0.1) is 17.6 Å². The second-order valence-electron chi connectivity index (χ2n) is 14.0. The van der Waals surface area contributed by atoms with Crippen molar-refractivity contribution in [2.75, 3.05) is 0 Å². The van der Waals surface area contributed by atoms with Gasteiger partial charge in [-0.15, -0.1) is 0 Å². The molecule has 0 bridgehead atoms. The SMILES string of the molecule is CC1(C)O[C@@H]2[C@@H](O1)[C@@H](Cc1ccccc1)N(Cc1ccc(F)c(C#N)c1)C(=O)N(Cc1cccc(OCc3ccccc3)c1)[C@@H]2Cc1ccccc1. The number of nitrogens with zero attached hydrogens (tertiary/aromatic N) is 3. The van der Waals surface area contributed by atoms with E-state index in [4.69, 9.17) is 14.2 Å². The summed E-state index contributed by atoms with van der Waals surface area (Å²) in [6.07, 6.45) is 0.0830. The van der Waals surface area contributed by atoms with Crippen molar-refractivity contribution < 1.29 is 23.4 Å². The zero-order chi connectivity index (χ0) is 36.1. The highest BCUT2D eigenvalue weighted by Crippen LogP contribution is 2.40. The fraction of sp³-hybridized carbons (Fsp3) is 0.273. The number of carbonyl (C=O) groups excluding carboxylic acids is 1. The molecule has 0 radical (unpaired) electrons. The Balaban J connectivity index is 1.31. The number of halogens is 1. The van der Waals surface area contributed by atoms with Crippen molar-refractivity contribution in [2.24, 2.45) is 0 Å². The molecular weight excluding hydrogens is 653 g/mol. The zero-order valence-electron chi connectivity index (χ0n) is 29.4. The molecule has 264 valence electrons. The highest BCUT2D eigenvalue weighted by molar-refractivity contribution is 5.76. The Labute approximate surface area is 304 Å². The van der Waals surface area contributed by atoms with E-state index in [0.717, 1.165) is 22.3 Å². The summed E-state index contributed by atoms with van der Waals surface area (Å²) in [6, 6.07) is 43.4. The number of carbonyl (C=O) groups is 1. The number of hydrogen-bond donors (Lipinski definition) is 0. The van der Waals surface area contributed by atoms with Crippen LogP contribution in [0, 0.1) is 17.1 Å². The van der Waals surface area contributed by atoms with Crippen LogP contribution in [0.4, 0.5) is 9.18 Å². The molecule has 0 saturated carbocycles. The fourth-order valence-electron chi connectivity index (χ4n) is 7.37. The van der Waals surface area contributed by atoms with Crippen LogP contribution in [0.2, 0.25) is 0 Å². The first-order valence-corrected chi connectivity index (χ1v) is 17.7. The Bertz CT molecular complexity index is 2020. The quantitative estimate of drug-likeness (QED) is 0.139. The summed E-state index contributed by atoms with van der Waals surface area (Å²) in [5.41, 5.74) is 4.67. The molecule has 5 aromatic carbocycles. The molecule has 7 rings (SSSR count). The monoisotopic (exact) mass is 695 g/mol. The fourth-order valence-corrected chi connectivity index (χ4v) is 7.37. The molecule has 8 heteroatoms. The van der Waals surface area contributed by atoms with E-state index in [9.17, 15) is 9.65 Å². The zero-order valence-corrected chi connectivity index (χ0v) is 29.4. The number of urea groups is 1. The van der Waals surface area contributed by atoms with Gasteiger partial charge in [0.1, 0.15) is 36.5 Å². The lowest BCUT2D eigenvalue weighted by Gasteiger charge is -2.37.